The second-order valence-corrected chi connectivity index (χ2v) is 7.13. The smallest absolute Gasteiger partial charge is 0.244 e. The van der Waals surface area contributed by atoms with E-state index in [1.165, 1.54) is 7.11 Å². The second-order valence-electron chi connectivity index (χ2n) is 5.43. The van der Waals surface area contributed by atoms with Gasteiger partial charge in [0, 0.05) is 12.1 Å². The van der Waals surface area contributed by atoms with Gasteiger partial charge in [0.25, 0.3) is 0 Å². The number of hydrogen-bond acceptors (Lipinski definition) is 4. The fourth-order valence-corrected chi connectivity index (χ4v) is 3.36. The zero-order valence-electron chi connectivity index (χ0n) is 12.1. The summed E-state index contributed by atoms with van der Waals surface area (Å²) in [6.07, 6.45) is 0. The highest BCUT2D eigenvalue weighted by Crippen LogP contribution is 2.28. The van der Waals surface area contributed by atoms with E-state index < -0.39 is 15.6 Å². The van der Waals surface area contributed by atoms with E-state index in [0.29, 0.717) is 11.3 Å². The molecule has 0 bridgehead atoms. The minimum absolute atomic E-state index is 0.159. The lowest BCUT2D eigenvalue weighted by Gasteiger charge is -2.20. The molecule has 3 N–H and O–H groups in total. The summed E-state index contributed by atoms with van der Waals surface area (Å²) in [6.45, 7) is 7.31. The van der Waals surface area contributed by atoms with Gasteiger partial charge in [-0.3, -0.25) is 0 Å². The SMILES string of the molecule is COc1cc(C)cc(C)c1S(=O)(=O)NCC(C)(C)N. The van der Waals surface area contributed by atoms with Crippen LogP contribution >= 0.6 is 0 Å². The first-order chi connectivity index (χ1) is 8.57. The molecular weight excluding hydrogens is 264 g/mol. The third kappa shape index (κ3) is 4.19. The number of methoxy groups -OCH3 is 1. The Bertz CT molecular complexity index is 560. The second kappa shape index (κ2) is 5.48. The number of nitrogens with two attached hydrogens (primary N) is 1. The minimum Gasteiger partial charge on any atom is -0.495 e. The van der Waals surface area contributed by atoms with Gasteiger partial charge in [-0.25, -0.2) is 13.1 Å². The van der Waals surface area contributed by atoms with Crippen LogP contribution in [0.5, 0.6) is 5.75 Å². The molecule has 0 saturated heterocycles. The van der Waals surface area contributed by atoms with Crippen LogP contribution in [0, 0.1) is 13.8 Å². The van der Waals surface area contributed by atoms with Crippen molar-refractivity contribution in [2.75, 3.05) is 13.7 Å². The molecule has 0 amide bonds. The van der Waals surface area contributed by atoms with Gasteiger partial charge in [0.15, 0.2) is 0 Å². The molecule has 0 saturated carbocycles. The van der Waals surface area contributed by atoms with Crippen molar-refractivity contribution < 1.29 is 13.2 Å². The van der Waals surface area contributed by atoms with Gasteiger partial charge in [-0.2, -0.15) is 0 Å². The van der Waals surface area contributed by atoms with E-state index >= 15 is 0 Å². The van der Waals surface area contributed by atoms with Gasteiger partial charge < -0.3 is 10.5 Å². The highest BCUT2D eigenvalue weighted by molar-refractivity contribution is 7.89. The van der Waals surface area contributed by atoms with Crippen LogP contribution in [0.4, 0.5) is 0 Å². The third-order valence-electron chi connectivity index (χ3n) is 2.59. The van der Waals surface area contributed by atoms with Crippen LogP contribution in [0.15, 0.2) is 17.0 Å². The number of rotatable bonds is 5. The molecule has 19 heavy (non-hydrogen) atoms. The summed E-state index contributed by atoms with van der Waals surface area (Å²) in [6, 6.07) is 3.51. The average Bonchev–Trinajstić information content (AvgIpc) is 2.24. The molecule has 0 spiro atoms. The Balaban J connectivity index is 3.21. The molecule has 0 aliphatic carbocycles. The van der Waals surface area contributed by atoms with Crippen molar-refractivity contribution in [3.05, 3.63) is 23.3 Å². The maximum Gasteiger partial charge on any atom is 0.244 e. The molecule has 0 heterocycles. The molecule has 0 atom stereocenters. The van der Waals surface area contributed by atoms with E-state index in [1.807, 2.05) is 13.0 Å². The van der Waals surface area contributed by atoms with Crippen LogP contribution in [0.3, 0.4) is 0 Å². The minimum atomic E-state index is -3.64. The van der Waals surface area contributed by atoms with Crippen molar-refractivity contribution >= 4 is 10.0 Å². The highest BCUT2D eigenvalue weighted by Gasteiger charge is 2.24. The summed E-state index contributed by atoms with van der Waals surface area (Å²) in [5, 5.41) is 0. The van der Waals surface area contributed by atoms with Gasteiger partial charge in [0.1, 0.15) is 10.6 Å². The number of ether oxygens (including phenoxy) is 1. The van der Waals surface area contributed by atoms with Crippen molar-refractivity contribution in [1.82, 2.24) is 4.72 Å². The van der Waals surface area contributed by atoms with E-state index in [4.69, 9.17) is 10.5 Å². The molecule has 1 aromatic carbocycles. The Labute approximate surface area is 115 Å². The lowest BCUT2D eigenvalue weighted by molar-refractivity contribution is 0.400. The lowest BCUT2D eigenvalue weighted by atomic mass is 10.1. The van der Waals surface area contributed by atoms with Crippen LogP contribution in [-0.2, 0) is 10.0 Å². The number of nitrogens with one attached hydrogen (secondary N) is 1. The molecule has 1 rings (SSSR count). The van der Waals surface area contributed by atoms with Crippen LogP contribution in [0.25, 0.3) is 0 Å². The zero-order chi connectivity index (χ0) is 14.8. The first-order valence-electron chi connectivity index (χ1n) is 6.00. The Morgan fingerprint density at radius 3 is 2.37 bits per heavy atom. The predicted octanol–water partition coefficient (Wildman–Crippen LogP) is 1.33. The highest BCUT2D eigenvalue weighted by atomic mass is 32.2. The first-order valence-corrected chi connectivity index (χ1v) is 7.49. The average molecular weight is 286 g/mol. The standard InChI is InChI=1S/C13H22N2O3S/c1-9-6-10(2)12(11(7-9)18-5)19(16,17)15-8-13(3,4)14/h6-7,15H,8,14H2,1-5H3. The molecule has 0 radical (unpaired) electrons. The van der Waals surface area contributed by atoms with Crippen LogP contribution < -0.4 is 15.2 Å². The van der Waals surface area contributed by atoms with E-state index in [9.17, 15) is 8.42 Å². The molecule has 108 valence electrons. The van der Waals surface area contributed by atoms with E-state index in [1.54, 1.807) is 26.8 Å². The number of sulfonamides is 1. The quantitative estimate of drug-likeness (QED) is 0.855. The molecule has 1 aromatic rings. The Kier molecular flexibility index (Phi) is 4.60. The summed E-state index contributed by atoms with van der Waals surface area (Å²) < 4.78 is 32.4. The van der Waals surface area contributed by atoms with E-state index in [2.05, 4.69) is 4.72 Å². The topological polar surface area (TPSA) is 81.4 Å². The number of hydrogen-bond donors (Lipinski definition) is 2. The maximum absolute atomic E-state index is 12.3. The normalized spacial score (nSPS) is 12.5. The first kappa shape index (κ1) is 15.9. The van der Waals surface area contributed by atoms with Gasteiger partial charge in [-0.05, 0) is 44.9 Å². The van der Waals surface area contributed by atoms with Crippen molar-refractivity contribution in [1.29, 1.82) is 0 Å². The fraction of sp³-hybridized carbons (Fsp3) is 0.538. The molecule has 0 fully saturated rings. The molecular formula is C13H22N2O3S. The van der Waals surface area contributed by atoms with Crippen LogP contribution in [0.1, 0.15) is 25.0 Å². The summed E-state index contributed by atoms with van der Waals surface area (Å²) in [7, 11) is -2.18. The molecule has 6 heteroatoms. The zero-order valence-corrected chi connectivity index (χ0v) is 12.9. The summed E-state index contributed by atoms with van der Waals surface area (Å²) >= 11 is 0. The van der Waals surface area contributed by atoms with Crippen LogP contribution in [-0.4, -0.2) is 27.6 Å². The molecule has 0 aromatic heterocycles. The van der Waals surface area contributed by atoms with Gasteiger partial charge in [0.2, 0.25) is 10.0 Å². The number of aryl methyl sites for hydroxylation is 2. The number of benzene rings is 1. The van der Waals surface area contributed by atoms with Gasteiger partial charge in [0.05, 0.1) is 7.11 Å². The van der Waals surface area contributed by atoms with Gasteiger partial charge in [-0.15, -0.1) is 0 Å². The monoisotopic (exact) mass is 286 g/mol. The lowest BCUT2D eigenvalue weighted by Crippen LogP contribution is -2.45. The molecule has 5 nitrogen and oxygen atoms in total. The summed E-state index contributed by atoms with van der Waals surface area (Å²) in [5.74, 6) is 0.347. The maximum atomic E-state index is 12.3. The Hall–Kier alpha value is -1.11. The Morgan fingerprint density at radius 2 is 1.89 bits per heavy atom. The Morgan fingerprint density at radius 1 is 1.32 bits per heavy atom. The van der Waals surface area contributed by atoms with E-state index in [0.717, 1.165) is 5.56 Å². The van der Waals surface area contributed by atoms with Gasteiger partial charge >= 0.3 is 0 Å². The van der Waals surface area contributed by atoms with Crippen molar-refractivity contribution in [3.8, 4) is 5.75 Å². The van der Waals surface area contributed by atoms with Crippen LogP contribution in [0.2, 0.25) is 0 Å². The predicted molar refractivity (Wildman–Crippen MR) is 75.9 cm³/mol. The largest absolute Gasteiger partial charge is 0.495 e. The molecule has 0 aliphatic rings. The fourth-order valence-electron chi connectivity index (χ4n) is 1.76. The van der Waals surface area contributed by atoms with Crippen molar-refractivity contribution in [2.45, 2.75) is 38.1 Å². The van der Waals surface area contributed by atoms with Crippen molar-refractivity contribution in [2.24, 2.45) is 5.73 Å². The van der Waals surface area contributed by atoms with E-state index in [-0.39, 0.29) is 11.4 Å². The van der Waals surface area contributed by atoms with Gasteiger partial charge in [-0.1, -0.05) is 6.07 Å². The molecule has 0 unspecified atom stereocenters. The van der Waals surface area contributed by atoms with Crippen molar-refractivity contribution in [3.63, 3.8) is 0 Å². The third-order valence-corrected chi connectivity index (χ3v) is 4.18. The molecule has 0 aliphatic heterocycles. The summed E-state index contributed by atoms with van der Waals surface area (Å²) in [4.78, 5) is 0.171. The summed E-state index contributed by atoms with van der Waals surface area (Å²) in [5.41, 5.74) is 6.79.